The Morgan fingerprint density at radius 3 is 2.58 bits per heavy atom. The van der Waals surface area contributed by atoms with E-state index < -0.39 is 0 Å². The van der Waals surface area contributed by atoms with E-state index in [0.717, 1.165) is 17.7 Å². The molecular weight excluding hydrogens is 398 g/mol. The van der Waals surface area contributed by atoms with E-state index in [4.69, 9.17) is 14.2 Å². The van der Waals surface area contributed by atoms with E-state index in [1.807, 2.05) is 12.1 Å². The van der Waals surface area contributed by atoms with Gasteiger partial charge in [0.15, 0.2) is 6.61 Å². The van der Waals surface area contributed by atoms with Crippen LogP contribution < -0.4 is 14.8 Å². The summed E-state index contributed by atoms with van der Waals surface area (Å²) in [7, 11) is 1.60. The summed E-state index contributed by atoms with van der Waals surface area (Å²) in [6.07, 6.45) is 4.64. The normalized spacial score (nSPS) is 19.0. The molecule has 0 bridgehead atoms. The molecule has 1 N–H and O–H groups in total. The molecule has 0 aliphatic carbocycles. The Balaban J connectivity index is 1.16. The standard InChI is InChI=1S/C23H27N3O5/c1-29-19-2-4-20(5-3-19)30-14-22(28)26-15-23(16-26)11-18(13-31-23)10-21(27)25-12-17-6-8-24-9-7-17/h2-9,18H,10-16H2,1H3,(H,25,27). The maximum Gasteiger partial charge on any atom is 0.260 e. The van der Waals surface area contributed by atoms with Crippen LogP contribution in [0.2, 0.25) is 0 Å². The molecule has 1 unspecified atom stereocenters. The van der Waals surface area contributed by atoms with Gasteiger partial charge in [-0.2, -0.15) is 0 Å². The number of amides is 2. The van der Waals surface area contributed by atoms with Crippen LogP contribution in [0.3, 0.4) is 0 Å². The van der Waals surface area contributed by atoms with Crippen molar-refractivity contribution >= 4 is 11.8 Å². The molecule has 1 spiro atoms. The second-order valence-corrected chi connectivity index (χ2v) is 8.11. The van der Waals surface area contributed by atoms with Crippen LogP contribution in [0.25, 0.3) is 0 Å². The lowest BCUT2D eigenvalue weighted by Crippen LogP contribution is -2.64. The van der Waals surface area contributed by atoms with Gasteiger partial charge in [-0.3, -0.25) is 14.6 Å². The first-order valence-electron chi connectivity index (χ1n) is 10.4. The number of rotatable bonds is 8. The van der Waals surface area contributed by atoms with Crippen LogP contribution in [0, 0.1) is 5.92 Å². The van der Waals surface area contributed by atoms with E-state index >= 15 is 0 Å². The molecule has 3 heterocycles. The summed E-state index contributed by atoms with van der Waals surface area (Å²) in [5.74, 6) is 1.48. The van der Waals surface area contributed by atoms with Crippen molar-refractivity contribution < 1.29 is 23.8 Å². The summed E-state index contributed by atoms with van der Waals surface area (Å²) in [6.45, 7) is 2.13. The Morgan fingerprint density at radius 1 is 1.16 bits per heavy atom. The number of pyridine rings is 1. The van der Waals surface area contributed by atoms with Gasteiger partial charge in [-0.25, -0.2) is 0 Å². The zero-order valence-electron chi connectivity index (χ0n) is 17.6. The highest BCUT2D eigenvalue weighted by Gasteiger charge is 2.51. The molecule has 2 fully saturated rings. The van der Waals surface area contributed by atoms with Gasteiger partial charge in [0.25, 0.3) is 5.91 Å². The lowest BCUT2D eigenvalue weighted by Gasteiger charge is -2.47. The maximum atomic E-state index is 12.4. The van der Waals surface area contributed by atoms with Gasteiger partial charge >= 0.3 is 0 Å². The van der Waals surface area contributed by atoms with Gasteiger partial charge in [-0.05, 0) is 54.3 Å². The van der Waals surface area contributed by atoms with Gasteiger partial charge in [-0.15, -0.1) is 0 Å². The predicted octanol–water partition coefficient (Wildman–Crippen LogP) is 1.79. The van der Waals surface area contributed by atoms with E-state index in [9.17, 15) is 9.59 Å². The van der Waals surface area contributed by atoms with Gasteiger partial charge in [-0.1, -0.05) is 0 Å². The van der Waals surface area contributed by atoms with Crippen LogP contribution in [0.5, 0.6) is 11.5 Å². The number of carbonyl (C=O) groups is 2. The molecule has 1 aromatic heterocycles. The van der Waals surface area contributed by atoms with E-state index in [-0.39, 0.29) is 29.9 Å². The average molecular weight is 425 g/mol. The van der Waals surface area contributed by atoms with E-state index in [1.165, 1.54) is 0 Å². The molecule has 0 radical (unpaired) electrons. The summed E-state index contributed by atoms with van der Waals surface area (Å²) in [4.78, 5) is 30.4. The summed E-state index contributed by atoms with van der Waals surface area (Å²) in [6, 6.07) is 10.9. The topological polar surface area (TPSA) is 90.0 Å². The lowest BCUT2D eigenvalue weighted by molar-refractivity contribution is -0.159. The molecule has 8 heteroatoms. The first-order valence-corrected chi connectivity index (χ1v) is 10.4. The van der Waals surface area contributed by atoms with Gasteiger partial charge in [0.2, 0.25) is 5.91 Å². The van der Waals surface area contributed by atoms with Crippen LogP contribution in [-0.2, 0) is 20.9 Å². The summed E-state index contributed by atoms with van der Waals surface area (Å²) in [5, 5.41) is 2.94. The number of hydrogen-bond acceptors (Lipinski definition) is 6. The molecule has 31 heavy (non-hydrogen) atoms. The summed E-state index contributed by atoms with van der Waals surface area (Å²) >= 11 is 0. The second-order valence-electron chi connectivity index (χ2n) is 8.11. The number of likely N-dealkylation sites (tertiary alicyclic amines) is 1. The Kier molecular flexibility index (Phi) is 6.36. The van der Waals surface area contributed by atoms with Crippen molar-refractivity contribution in [3.8, 4) is 11.5 Å². The number of methoxy groups -OCH3 is 1. The smallest absolute Gasteiger partial charge is 0.260 e. The summed E-state index contributed by atoms with van der Waals surface area (Å²) in [5.41, 5.74) is 0.707. The third-order valence-corrected chi connectivity index (χ3v) is 5.73. The summed E-state index contributed by atoms with van der Waals surface area (Å²) < 4.78 is 16.7. The Labute approximate surface area is 181 Å². The molecule has 4 rings (SSSR count). The van der Waals surface area contributed by atoms with Gasteiger partial charge < -0.3 is 24.4 Å². The highest BCUT2D eigenvalue weighted by molar-refractivity contribution is 5.79. The third-order valence-electron chi connectivity index (χ3n) is 5.73. The molecule has 2 saturated heterocycles. The van der Waals surface area contributed by atoms with Crippen molar-refractivity contribution in [3.05, 3.63) is 54.4 Å². The molecule has 2 aliphatic heterocycles. The van der Waals surface area contributed by atoms with Gasteiger partial charge in [0.05, 0.1) is 26.8 Å². The first kappa shape index (κ1) is 21.1. The molecule has 2 aliphatic rings. The maximum absolute atomic E-state index is 12.4. The highest BCUT2D eigenvalue weighted by atomic mass is 16.5. The number of hydrogen-bond donors (Lipinski definition) is 1. The van der Waals surface area contributed by atoms with Gasteiger partial charge in [0, 0.05) is 25.4 Å². The molecule has 1 aromatic carbocycles. The van der Waals surface area contributed by atoms with Crippen LogP contribution >= 0.6 is 0 Å². The van der Waals surface area contributed by atoms with Crippen molar-refractivity contribution in [1.82, 2.24) is 15.2 Å². The first-order chi connectivity index (χ1) is 15.0. The van der Waals surface area contributed by atoms with Crippen LogP contribution in [0.1, 0.15) is 18.4 Å². The molecule has 2 amide bonds. The average Bonchev–Trinajstić information content (AvgIpc) is 3.20. The quantitative estimate of drug-likeness (QED) is 0.694. The molecule has 0 saturated carbocycles. The number of benzene rings is 1. The fraction of sp³-hybridized carbons (Fsp3) is 0.435. The fourth-order valence-corrected chi connectivity index (χ4v) is 4.06. The van der Waals surface area contributed by atoms with E-state index in [2.05, 4.69) is 10.3 Å². The number of carbonyl (C=O) groups excluding carboxylic acids is 2. The molecular formula is C23H27N3O5. The van der Waals surface area contributed by atoms with Crippen molar-refractivity contribution in [2.24, 2.45) is 5.92 Å². The zero-order chi connectivity index (χ0) is 21.7. The van der Waals surface area contributed by atoms with Crippen molar-refractivity contribution in [1.29, 1.82) is 0 Å². The molecule has 1 atom stereocenters. The minimum atomic E-state index is -0.314. The highest BCUT2D eigenvalue weighted by Crippen LogP contribution is 2.39. The monoisotopic (exact) mass is 425 g/mol. The fourth-order valence-electron chi connectivity index (χ4n) is 4.06. The molecule has 2 aromatic rings. The largest absolute Gasteiger partial charge is 0.497 e. The predicted molar refractivity (Wildman–Crippen MR) is 113 cm³/mol. The minimum absolute atomic E-state index is 0.0107. The van der Waals surface area contributed by atoms with E-state index in [1.54, 1.807) is 48.7 Å². The number of nitrogens with zero attached hydrogens (tertiary/aromatic N) is 2. The van der Waals surface area contributed by atoms with Crippen molar-refractivity contribution in [2.75, 3.05) is 33.4 Å². The number of nitrogens with one attached hydrogen (secondary N) is 1. The van der Waals surface area contributed by atoms with Gasteiger partial charge in [0.1, 0.15) is 17.1 Å². The SMILES string of the molecule is COc1ccc(OCC(=O)N2CC3(CC(CC(=O)NCc4ccncc4)CO3)C2)cc1. The van der Waals surface area contributed by atoms with Crippen molar-refractivity contribution in [2.45, 2.75) is 25.0 Å². The van der Waals surface area contributed by atoms with Crippen LogP contribution in [-0.4, -0.2) is 60.7 Å². The van der Waals surface area contributed by atoms with Crippen LogP contribution in [0.15, 0.2) is 48.8 Å². The second kappa shape index (κ2) is 9.34. The lowest BCUT2D eigenvalue weighted by atomic mass is 9.86. The Hall–Kier alpha value is -3.13. The van der Waals surface area contributed by atoms with E-state index in [0.29, 0.717) is 38.4 Å². The molecule has 164 valence electrons. The third kappa shape index (κ3) is 5.32. The number of aromatic nitrogens is 1. The Morgan fingerprint density at radius 2 is 1.87 bits per heavy atom. The number of ether oxygens (including phenoxy) is 3. The molecule has 8 nitrogen and oxygen atoms in total. The van der Waals surface area contributed by atoms with Crippen molar-refractivity contribution in [3.63, 3.8) is 0 Å². The Bertz CT molecular complexity index is 897. The zero-order valence-corrected chi connectivity index (χ0v) is 17.6. The minimum Gasteiger partial charge on any atom is -0.497 e. The van der Waals surface area contributed by atoms with Crippen LogP contribution in [0.4, 0.5) is 0 Å².